The second-order valence-electron chi connectivity index (χ2n) is 3.48. The van der Waals surface area contributed by atoms with Crippen molar-refractivity contribution in [1.82, 2.24) is 5.32 Å². The molecule has 0 aromatic heterocycles. The van der Waals surface area contributed by atoms with Crippen molar-refractivity contribution in [2.45, 2.75) is 25.4 Å². The molecule has 2 heterocycles. The minimum Gasteiger partial charge on any atom is -0.367 e. The SMILES string of the molecule is CC1(C)OCCNC12OS(=O)(=O)O2. The maximum atomic E-state index is 10.7. The van der Waals surface area contributed by atoms with E-state index >= 15 is 0 Å². The lowest BCUT2D eigenvalue weighted by molar-refractivity contribution is -0.325. The molecule has 0 radical (unpaired) electrons. The zero-order chi connectivity index (χ0) is 9.74. The van der Waals surface area contributed by atoms with E-state index in [4.69, 9.17) is 4.74 Å². The van der Waals surface area contributed by atoms with Crippen LogP contribution in [0.25, 0.3) is 0 Å². The van der Waals surface area contributed by atoms with Gasteiger partial charge < -0.3 is 4.74 Å². The van der Waals surface area contributed by atoms with E-state index in [1.54, 1.807) is 13.8 Å². The zero-order valence-corrected chi connectivity index (χ0v) is 8.18. The average Bonchev–Trinajstić information content (AvgIpc) is 1.91. The largest absolute Gasteiger partial charge is 0.407 e. The van der Waals surface area contributed by atoms with Crippen LogP contribution in [0.4, 0.5) is 0 Å². The highest BCUT2D eigenvalue weighted by Crippen LogP contribution is 2.40. The average molecular weight is 209 g/mol. The molecular weight excluding hydrogens is 198 g/mol. The summed E-state index contributed by atoms with van der Waals surface area (Å²) in [6.07, 6.45) is 0. The Kier molecular flexibility index (Phi) is 1.74. The molecular formula is C6H11NO5S. The predicted molar refractivity (Wildman–Crippen MR) is 41.9 cm³/mol. The van der Waals surface area contributed by atoms with Crippen LogP contribution >= 0.6 is 0 Å². The summed E-state index contributed by atoms with van der Waals surface area (Å²) >= 11 is 0. The van der Waals surface area contributed by atoms with Gasteiger partial charge in [0.05, 0.1) is 6.61 Å². The van der Waals surface area contributed by atoms with E-state index in [1.807, 2.05) is 0 Å². The highest BCUT2D eigenvalue weighted by molar-refractivity contribution is 7.82. The fourth-order valence-electron chi connectivity index (χ4n) is 1.38. The molecule has 0 aromatic carbocycles. The van der Waals surface area contributed by atoms with Gasteiger partial charge in [0, 0.05) is 6.54 Å². The van der Waals surface area contributed by atoms with Crippen molar-refractivity contribution in [3.8, 4) is 0 Å². The molecule has 76 valence electrons. The lowest BCUT2D eigenvalue weighted by atomic mass is 10.0. The molecule has 2 saturated heterocycles. The highest BCUT2D eigenvalue weighted by Gasteiger charge is 2.64. The van der Waals surface area contributed by atoms with Crippen molar-refractivity contribution in [1.29, 1.82) is 0 Å². The highest BCUT2D eigenvalue weighted by atomic mass is 32.3. The van der Waals surface area contributed by atoms with Crippen molar-refractivity contribution < 1.29 is 21.5 Å². The van der Waals surface area contributed by atoms with Gasteiger partial charge in [-0.3, -0.25) is 5.32 Å². The van der Waals surface area contributed by atoms with Crippen LogP contribution in [0.1, 0.15) is 13.8 Å². The molecule has 2 aliphatic heterocycles. The lowest BCUT2D eigenvalue weighted by Crippen LogP contribution is -2.74. The summed E-state index contributed by atoms with van der Waals surface area (Å²) in [7, 11) is -3.80. The maximum Gasteiger partial charge on any atom is 0.407 e. The van der Waals surface area contributed by atoms with Crippen molar-refractivity contribution in [2.24, 2.45) is 0 Å². The van der Waals surface area contributed by atoms with E-state index < -0.39 is 21.9 Å². The monoisotopic (exact) mass is 209 g/mol. The van der Waals surface area contributed by atoms with Gasteiger partial charge >= 0.3 is 10.4 Å². The summed E-state index contributed by atoms with van der Waals surface area (Å²) < 4.78 is 36.1. The quantitative estimate of drug-likeness (QED) is 0.570. The molecule has 1 spiro atoms. The van der Waals surface area contributed by atoms with Gasteiger partial charge in [-0.15, -0.1) is 0 Å². The van der Waals surface area contributed by atoms with Crippen molar-refractivity contribution in [2.75, 3.05) is 13.2 Å². The third kappa shape index (κ3) is 1.27. The van der Waals surface area contributed by atoms with Gasteiger partial charge in [0.2, 0.25) is 0 Å². The summed E-state index contributed by atoms with van der Waals surface area (Å²) in [4.78, 5) is 0. The topological polar surface area (TPSA) is 73.9 Å². The number of hydrogen-bond acceptors (Lipinski definition) is 6. The molecule has 0 bridgehead atoms. The smallest absolute Gasteiger partial charge is 0.367 e. The molecule has 2 aliphatic rings. The number of rotatable bonds is 0. The van der Waals surface area contributed by atoms with Crippen LogP contribution in [0.2, 0.25) is 0 Å². The van der Waals surface area contributed by atoms with Crippen molar-refractivity contribution in [3.63, 3.8) is 0 Å². The summed E-state index contributed by atoms with van der Waals surface area (Å²) in [5.74, 6) is -1.33. The van der Waals surface area contributed by atoms with E-state index in [0.717, 1.165) is 0 Å². The molecule has 7 heteroatoms. The molecule has 13 heavy (non-hydrogen) atoms. The first kappa shape index (κ1) is 9.35. The van der Waals surface area contributed by atoms with Gasteiger partial charge in [0.25, 0.3) is 5.91 Å². The van der Waals surface area contributed by atoms with Crippen LogP contribution < -0.4 is 5.32 Å². The number of ether oxygens (including phenoxy) is 1. The summed E-state index contributed by atoms with van der Waals surface area (Å²) in [6.45, 7) is 4.40. The van der Waals surface area contributed by atoms with Crippen LogP contribution in [0, 0.1) is 0 Å². The van der Waals surface area contributed by atoms with Gasteiger partial charge in [-0.05, 0) is 13.8 Å². The molecule has 0 aromatic rings. The molecule has 6 nitrogen and oxygen atoms in total. The van der Waals surface area contributed by atoms with Crippen molar-refractivity contribution >= 4 is 10.4 Å². The van der Waals surface area contributed by atoms with E-state index in [2.05, 4.69) is 13.7 Å². The Hall–Kier alpha value is -0.210. The van der Waals surface area contributed by atoms with Crippen LogP contribution in [0.5, 0.6) is 0 Å². The molecule has 0 unspecified atom stereocenters. The molecule has 0 atom stereocenters. The predicted octanol–water partition coefficient (Wildman–Crippen LogP) is -0.670. The second kappa shape index (κ2) is 2.43. The van der Waals surface area contributed by atoms with Crippen LogP contribution in [0.15, 0.2) is 0 Å². The Morgan fingerprint density at radius 3 is 2.38 bits per heavy atom. The molecule has 2 rings (SSSR count). The number of nitrogens with one attached hydrogen (secondary N) is 1. The molecule has 0 saturated carbocycles. The number of hydrogen-bond donors (Lipinski definition) is 1. The van der Waals surface area contributed by atoms with Crippen LogP contribution in [-0.4, -0.2) is 33.1 Å². The summed E-state index contributed by atoms with van der Waals surface area (Å²) in [6, 6.07) is 0. The van der Waals surface area contributed by atoms with Crippen LogP contribution in [0.3, 0.4) is 0 Å². The van der Waals surface area contributed by atoms with Gasteiger partial charge in [0.1, 0.15) is 5.60 Å². The van der Waals surface area contributed by atoms with E-state index in [9.17, 15) is 8.42 Å². The Labute approximate surface area is 76.5 Å². The van der Waals surface area contributed by atoms with Crippen LogP contribution in [-0.2, 0) is 23.5 Å². The third-order valence-electron chi connectivity index (χ3n) is 2.15. The summed E-state index contributed by atoms with van der Waals surface area (Å²) in [5, 5.41) is 2.83. The van der Waals surface area contributed by atoms with E-state index in [0.29, 0.717) is 13.2 Å². The van der Waals surface area contributed by atoms with Gasteiger partial charge in [-0.1, -0.05) is 0 Å². The van der Waals surface area contributed by atoms with E-state index in [1.165, 1.54) is 0 Å². The Morgan fingerprint density at radius 2 is 1.92 bits per heavy atom. The Bertz CT molecular complexity index is 310. The standard InChI is InChI=1S/C6H11NO5S/c1-5(2)6(7-3-4-10-5)11-13(8,9)12-6/h7H,3-4H2,1-2H3. The van der Waals surface area contributed by atoms with Crippen molar-refractivity contribution in [3.05, 3.63) is 0 Å². The van der Waals surface area contributed by atoms with Gasteiger partial charge in [0.15, 0.2) is 0 Å². The summed E-state index contributed by atoms with van der Waals surface area (Å²) in [5.41, 5.74) is -0.809. The minimum absolute atomic E-state index is 0.499. The van der Waals surface area contributed by atoms with Gasteiger partial charge in [-0.25, -0.2) is 0 Å². The first-order chi connectivity index (χ1) is 5.87. The third-order valence-corrected chi connectivity index (χ3v) is 3.03. The molecule has 0 amide bonds. The zero-order valence-electron chi connectivity index (χ0n) is 7.36. The fourth-order valence-corrected chi connectivity index (χ4v) is 2.49. The molecule has 1 N–H and O–H groups in total. The molecule has 0 aliphatic carbocycles. The Balaban J connectivity index is 2.23. The normalized spacial score (nSPS) is 34.0. The molecule has 2 fully saturated rings. The fraction of sp³-hybridized carbons (Fsp3) is 1.00. The van der Waals surface area contributed by atoms with Gasteiger partial charge in [-0.2, -0.15) is 16.8 Å². The van der Waals surface area contributed by atoms with E-state index in [-0.39, 0.29) is 0 Å². The number of morpholine rings is 1. The Morgan fingerprint density at radius 1 is 1.31 bits per heavy atom. The second-order valence-corrected chi connectivity index (χ2v) is 4.63. The lowest BCUT2D eigenvalue weighted by Gasteiger charge is -2.51. The first-order valence-electron chi connectivity index (χ1n) is 3.92. The minimum atomic E-state index is -3.80. The first-order valence-corrected chi connectivity index (χ1v) is 5.25. The maximum absolute atomic E-state index is 10.7.